The van der Waals surface area contributed by atoms with Gasteiger partial charge in [0, 0.05) is 34.2 Å². The van der Waals surface area contributed by atoms with Crippen LogP contribution in [-0.4, -0.2) is 27.8 Å². The summed E-state index contributed by atoms with van der Waals surface area (Å²) in [6.45, 7) is 7.99. The molecule has 1 N–H and O–H groups in total. The zero-order chi connectivity index (χ0) is 14.8. The Hall–Kier alpha value is 0.290. The largest absolute Gasteiger partial charge is 0.309 e. The van der Waals surface area contributed by atoms with E-state index in [4.69, 9.17) is 4.98 Å². The molecule has 0 bridgehead atoms. The summed E-state index contributed by atoms with van der Waals surface area (Å²) in [5.74, 6) is 3.25. The van der Waals surface area contributed by atoms with Crippen LogP contribution in [0.3, 0.4) is 0 Å². The van der Waals surface area contributed by atoms with Crippen molar-refractivity contribution in [3.63, 3.8) is 0 Å². The van der Waals surface area contributed by atoms with Gasteiger partial charge in [0.1, 0.15) is 5.01 Å². The molecule has 2 aliphatic rings. The molecule has 21 heavy (non-hydrogen) atoms. The number of thiazole rings is 1. The Balaban J connectivity index is 1.75. The molecular formula is C16H26N2S3. The molecule has 1 aromatic rings. The number of hydrogen-bond acceptors (Lipinski definition) is 5. The van der Waals surface area contributed by atoms with E-state index in [1.807, 2.05) is 11.3 Å². The quantitative estimate of drug-likeness (QED) is 0.822. The summed E-state index contributed by atoms with van der Waals surface area (Å²) in [4.78, 5) is 6.56. The Bertz CT molecular complexity index is 468. The summed E-state index contributed by atoms with van der Waals surface area (Å²) in [7, 11) is 0. The molecule has 0 amide bonds. The Morgan fingerprint density at radius 3 is 2.67 bits per heavy atom. The normalized spacial score (nSPS) is 26.5. The number of hydrogen-bond donors (Lipinski definition) is 1. The molecule has 1 saturated carbocycles. The molecule has 1 saturated heterocycles. The van der Waals surface area contributed by atoms with E-state index in [1.165, 1.54) is 39.9 Å². The summed E-state index contributed by atoms with van der Waals surface area (Å²) < 4.78 is 0. The van der Waals surface area contributed by atoms with Crippen LogP contribution in [0.5, 0.6) is 0 Å². The van der Waals surface area contributed by atoms with Gasteiger partial charge in [-0.15, -0.1) is 23.1 Å². The van der Waals surface area contributed by atoms with Crippen LogP contribution in [0.4, 0.5) is 0 Å². The number of thioether (sulfide) groups is 2. The predicted octanol–water partition coefficient (Wildman–Crippen LogP) is 4.50. The highest BCUT2D eigenvalue weighted by molar-refractivity contribution is 8.06. The summed E-state index contributed by atoms with van der Waals surface area (Å²) in [6, 6.07) is 0.779. The Labute approximate surface area is 141 Å². The molecule has 2 fully saturated rings. The molecule has 2 atom stereocenters. The molecule has 118 valence electrons. The molecule has 0 radical (unpaired) electrons. The average molecular weight is 343 g/mol. The van der Waals surface area contributed by atoms with Crippen molar-refractivity contribution in [3.8, 4) is 0 Å². The van der Waals surface area contributed by atoms with Crippen molar-refractivity contribution in [2.45, 2.75) is 63.1 Å². The van der Waals surface area contributed by atoms with Crippen LogP contribution in [0.2, 0.25) is 0 Å². The van der Waals surface area contributed by atoms with Crippen molar-refractivity contribution >= 4 is 34.9 Å². The number of nitrogens with zero attached hydrogens (tertiary/aromatic N) is 1. The number of aromatic nitrogens is 1. The first-order valence-corrected chi connectivity index (χ1v) is 11.0. The van der Waals surface area contributed by atoms with E-state index in [-0.39, 0.29) is 0 Å². The van der Waals surface area contributed by atoms with E-state index in [0.717, 1.165) is 19.0 Å². The fourth-order valence-electron chi connectivity index (χ4n) is 2.64. The van der Waals surface area contributed by atoms with Crippen molar-refractivity contribution in [3.05, 3.63) is 15.6 Å². The Morgan fingerprint density at radius 2 is 2.00 bits per heavy atom. The van der Waals surface area contributed by atoms with Gasteiger partial charge in [0.15, 0.2) is 0 Å². The second-order valence-corrected chi connectivity index (χ2v) is 10.4. The molecule has 1 aromatic heterocycles. The van der Waals surface area contributed by atoms with Crippen LogP contribution in [0.15, 0.2) is 0 Å². The van der Waals surface area contributed by atoms with Gasteiger partial charge < -0.3 is 5.32 Å². The zero-order valence-electron chi connectivity index (χ0n) is 13.2. The lowest BCUT2D eigenvalue weighted by Crippen LogP contribution is -2.15. The van der Waals surface area contributed by atoms with E-state index in [9.17, 15) is 0 Å². The predicted molar refractivity (Wildman–Crippen MR) is 97.6 cm³/mol. The fourth-order valence-corrected chi connectivity index (χ4v) is 6.84. The summed E-state index contributed by atoms with van der Waals surface area (Å²) in [5, 5.41) is 6.36. The minimum absolute atomic E-state index is 0.606. The van der Waals surface area contributed by atoms with E-state index >= 15 is 0 Å². The van der Waals surface area contributed by atoms with Crippen LogP contribution in [0.25, 0.3) is 0 Å². The minimum atomic E-state index is 0.606. The first-order valence-electron chi connectivity index (χ1n) is 8.08. The van der Waals surface area contributed by atoms with E-state index in [0.29, 0.717) is 16.4 Å². The van der Waals surface area contributed by atoms with Crippen molar-refractivity contribution in [1.29, 1.82) is 0 Å². The standard InChI is InChI=1S/C16H26N2S3/c1-10(2)8-13-14(9-17-12-4-5-12)21-16(18-13)15-11(3)19-6-7-20-15/h10-12,15,17H,4-9H2,1-3H3. The van der Waals surface area contributed by atoms with Crippen LogP contribution in [0, 0.1) is 5.92 Å². The summed E-state index contributed by atoms with van der Waals surface area (Å²) in [5.41, 5.74) is 1.36. The highest BCUT2D eigenvalue weighted by atomic mass is 32.2. The zero-order valence-corrected chi connectivity index (χ0v) is 15.7. The minimum Gasteiger partial charge on any atom is -0.309 e. The second kappa shape index (κ2) is 7.24. The highest BCUT2D eigenvalue weighted by Gasteiger charge is 2.28. The van der Waals surface area contributed by atoms with Gasteiger partial charge in [-0.3, -0.25) is 0 Å². The molecule has 2 nitrogen and oxygen atoms in total. The van der Waals surface area contributed by atoms with Crippen molar-refractivity contribution in [2.75, 3.05) is 11.5 Å². The van der Waals surface area contributed by atoms with Gasteiger partial charge in [0.2, 0.25) is 0 Å². The van der Waals surface area contributed by atoms with Crippen LogP contribution >= 0.6 is 34.9 Å². The third-order valence-electron chi connectivity index (χ3n) is 3.96. The molecule has 3 rings (SSSR count). The molecule has 5 heteroatoms. The van der Waals surface area contributed by atoms with Crippen LogP contribution in [-0.2, 0) is 13.0 Å². The van der Waals surface area contributed by atoms with Gasteiger partial charge in [-0.25, -0.2) is 4.98 Å². The molecule has 0 aromatic carbocycles. The van der Waals surface area contributed by atoms with E-state index < -0.39 is 0 Å². The van der Waals surface area contributed by atoms with Gasteiger partial charge >= 0.3 is 0 Å². The SMILES string of the molecule is CC(C)Cc1nc(C2SCCSC2C)sc1CNC1CC1. The molecule has 0 spiro atoms. The topological polar surface area (TPSA) is 24.9 Å². The van der Waals surface area contributed by atoms with Crippen LogP contribution < -0.4 is 5.32 Å². The van der Waals surface area contributed by atoms with Crippen LogP contribution in [0.1, 0.15) is 54.4 Å². The van der Waals surface area contributed by atoms with E-state index in [1.54, 1.807) is 0 Å². The van der Waals surface area contributed by atoms with Gasteiger partial charge in [-0.05, 0) is 25.2 Å². The lowest BCUT2D eigenvalue weighted by Gasteiger charge is -2.25. The van der Waals surface area contributed by atoms with Crippen molar-refractivity contribution in [1.82, 2.24) is 10.3 Å². The number of nitrogens with one attached hydrogen (secondary N) is 1. The first-order chi connectivity index (χ1) is 10.1. The maximum Gasteiger partial charge on any atom is 0.107 e. The summed E-state index contributed by atoms with van der Waals surface area (Å²) in [6.07, 6.45) is 3.84. The maximum atomic E-state index is 5.07. The monoisotopic (exact) mass is 342 g/mol. The second-order valence-electron chi connectivity index (χ2n) is 6.54. The third kappa shape index (κ3) is 4.40. The molecule has 2 unspecified atom stereocenters. The average Bonchev–Trinajstić information content (AvgIpc) is 3.19. The Kier molecular flexibility index (Phi) is 5.57. The lowest BCUT2D eigenvalue weighted by molar-refractivity contribution is 0.622. The Morgan fingerprint density at radius 1 is 1.24 bits per heavy atom. The third-order valence-corrected chi connectivity index (χ3v) is 8.39. The maximum absolute atomic E-state index is 5.07. The molecular weight excluding hydrogens is 316 g/mol. The number of rotatable bonds is 6. The molecule has 2 heterocycles. The smallest absolute Gasteiger partial charge is 0.107 e. The molecule has 1 aliphatic heterocycles. The summed E-state index contributed by atoms with van der Waals surface area (Å²) >= 11 is 6.19. The van der Waals surface area contributed by atoms with Gasteiger partial charge in [-0.1, -0.05) is 20.8 Å². The van der Waals surface area contributed by atoms with Crippen molar-refractivity contribution < 1.29 is 0 Å². The van der Waals surface area contributed by atoms with Crippen molar-refractivity contribution in [2.24, 2.45) is 5.92 Å². The molecule has 1 aliphatic carbocycles. The van der Waals surface area contributed by atoms with Gasteiger partial charge in [0.05, 0.1) is 10.9 Å². The first kappa shape index (κ1) is 16.2. The van der Waals surface area contributed by atoms with Gasteiger partial charge in [0.25, 0.3) is 0 Å². The van der Waals surface area contributed by atoms with Gasteiger partial charge in [-0.2, -0.15) is 11.8 Å². The van der Waals surface area contributed by atoms with E-state index in [2.05, 4.69) is 49.6 Å². The fraction of sp³-hybridized carbons (Fsp3) is 0.812. The lowest BCUT2D eigenvalue weighted by atomic mass is 10.1. The highest BCUT2D eigenvalue weighted by Crippen LogP contribution is 2.44.